The van der Waals surface area contributed by atoms with E-state index in [0.29, 0.717) is 41.4 Å². The van der Waals surface area contributed by atoms with Gasteiger partial charge in [-0.25, -0.2) is 18.3 Å². The van der Waals surface area contributed by atoms with E-state index in [4.69, 9.17) is 14.1 Å². The van der Waals surface area contributed by atoms with Gasteiger partial charge in [0.2, 0.25) is 17.7 Å². The number of nitrogens with zero attached hydrogens (tertiary/aromatic N) is 8. The van der Waals surface area contributed by atoms with Crippen molar-refractivity contribution in [3.8, 4) is 0 Å². The zero-order valence-corrected chi connectivity index (χ0v) is 33.5. The van der Waals surface area contributed by atoms with Crippen LogP contribution in [0.25, 0.3) is 16.6 Å². The number of rotatable bonds is 11. The quantitative estimate of drug-likeness (QED) is 0.160. The lowest BCUT2D eigenvalue weighted by atomic mass is 9.85. The molecule has 320 valence electrons. The number of halogens is 2. The molecule has 8 heterocycles. The van der Waals surface area contributed by atoms with E-state index in [1.165, 1.54) is 23.2 Å². The number of imide groups is 1. The Morgan fingerprint density at radius 2 is 1.79 bits per heavy atom. The standard InChI is InChI=1S/C42H47F2N11O6/c43-39(44)37-33(47-42(59)30-17-45-54-11-10-34(48-40(30)54)53-19-27-16-26(53)22-60-27)20-55(50-37)25-6-4-24(5-7-25)18-51-12-14-52(15-13-51)21-36(57)46-32-3-1-2-28-31(23-61-38(28)32)29-8-9-35(56)49-41(29)58/h1-3,10-11,17,20,23-27,29,39H,4-9,12-16,18-19,21-22H2,(H,46,57)(H,47,59)(H,49,56,58)/t24-,25-,26-,27-,29+/m0/s1. The number of nitrogens with one attached hydrogen (secondary N) is 3. The molecule has 17 nitrogen and oxygen atoms in total. The molecule has 19 heteroatoms. The third kappa shape index (κ3) is 7.85. The minimum Gasteiger partial charge on any atom is -0.462 e. The van der Waals surface area contributed by atoms with Crippen LogP contribution in [-0.4, -0.2) is 122 Å². The van der Waals surface area contributed by atoms with E-state index >= 15 is 0 Å². The molecule has 1 aliphatic carbocycles. The fourth-order valence-electron chi connectivity index (χ4n) is 9.82. The van der Waals surface area contributed by atoms with E-state index in [1.54, 1.807) is 16.9 Å². The minimum atomic E-state index is -2.87. The van der Waals surface area contributed by atoms with Crippen LogP contribution in [0.15, 0.2) is 53.5 Å². The second kappa shape index (κ2) is 16.2. The molecule has 5 aromatic rings. The topological polar surface area (TPSA) is 184 Å². The molecule has 0 spiro atoms. The van der Waals surface area contributed by atoms with Gasteiger partial charge in [0.15, 0.2) is 16.9 Å². The SMILES string of the molecule is O=C1CC[C@H](c2coc3c(NC(=O)CN4CCN(C[C@H]5CC[C@H](n6cc(NC(=O)c7cnn8ccc(N9C[C@@H]%10C[C@H]9CO%10)nc78)c(C(F)F)n6)CC5)CC4)cccc23)C(=O)N1. The number of hydrogen-bond donors (Lipinski definition) is 3. The lowest BCUT2D eigenvalue weighted by Gasteiger charge is -2.38. The number of fused-ring (bicyclic) bond motifs is 4. The molecule has 3 N–H and O–H groups in total. The van der Waals surface area contributed by atoms with Crippen LogP contribution in [-0.2, 0) is 19.1 Å². The number of alkyl halides is 2. The van der Waals surface area contributed by atoms with E-state index in [2.05, 4.69) is 40.8 Å². The summed E-state index contributed by atoms with van der Waals surface area (Å²) in [6.45, 7) is 5.67. The van der Waals surface area contributed by atoms with Gasteiger partial charge < -0.3 is 29.6 Å². The van der Waals surface area contributed by atoms with Gasteiger partial charge in [-0.05, 0) is 56.6 Å². The van der Waals surface area contributed by atoms with Crippen LogP contribution in [0.2, 0.25) is 0 Å². The van der Waals surface area contributed by atoms with Crippen LogP contribution < -0.4 is 20.9 Å². The van der Waals surface area contributed by atoms with Crippen LogP contribution in [0.5, 0.6) is 0 Å². The van der Waals surface area contributed by atoms with Crippen LogP contribution in [0.3, 0.4) is 0 Å². The number of morpholine rings is 1. The number of ether oxygens (including phenoxy) is 1. The Morgan fingerprint density at radius 3 is 2.54 bits per heavy atom. The van der Waals surface area contributed by atoms with Gasteiger partial charge in [-0.3, -0.25) is 34.1 Å². The third-order valence-corrected chi connectivity index (χ3v) is 13.1. The fourth-order valence-corrected chi connectivity index (χ4v) is 9.82. The number of anilines is 3. The number of carbonyl (C=O) groups excluding carboxylic acids is 4. The second-order valence-corrected chi connectivity index (χ2v) is 16.9. The Kier molecular flexibility index (Phi) is 10.5. The number of piperidine rings is 1. The van der Waals surface area contributed by atoms with Crippen molar-refractivity contribution in [2.24, 2.45) is 5.92 Å². The highest BCUT2D eigenvalue weighted by Crippen LogP contribution is 2.38. The summed E-state index contributed by atoms with van der Waals surface area (Å²) in [6, 6.07) is 7.47. The molecule has 61 heavy (non-hydrogen) atoms. The van der Waals surface area contributed by atoms with Gasteiger partial charge in [0.1, 0.15) is 11.4 Å². The van der Waals surface area contributed by atoms with Gasteiger partial charge in [-0.2, -0.15) is 10.2 Å². The van der Waals surface area contributed by atoms with Gasteiger partial charge in [0.05, 0.1) is 61.1 Å². The number of para-hydroxylation sites is 1. The zero-order valence-electron chi connectivity index (χ0n) is 33.5. The van der Waals surface area contributed by atoms with Crippen molar-refractivity contribution in [3.63, 3.8) is 0 Å². The summed E-state index contributed by atoms with van der Waals surface area (Å²) in [5.74, 6) is -0.666. The largest absolute Gasteiger partial charge is 0.462 e. The van der Waals surface area contributed by atoms with Gasteiger partial charge in [0.25, 0.3) is 12.3 Å². The van der Waals surface area contributed by atoms with Gasteiger partial charge in [-0.15, -0.1) is 0 Å². The smallest absolute Gasteiger partial charge is 0.284 e. The Morgan fingerprint density at radius 1 is 0.967 bits per heavy atom. The average Bonchev–Trinajstić information content (AvgIpc) is 4.11. The molecule has 1 saturated carbocycles. The molecular weight excluding hydrogens is 793 g/mol. The molecule has 1 aromatic carbocycles. The van der Waals surface area contributed by atoms with Crippen molar-refractivity contribution in [2.45, 2.75) is 75.5 Å². The summed E-state index contributed by atoms with van der Waals surface area (Å²) in [5, 5.41) is 17.4. The first-order valence-corrected chi connectivity index (χ1v) is 21.1. The summed E-state index contributed by atoms with van der Waals surface area (Å²) in [7, 11) is 0. The first-order chi connectivity index (χ1) is 29.6. The summed E-state index contributed by atoms with van der Waals surface area (Å²) in [6.07, 6.45) is 8.54. The number of carbonyl (C=O) groups is 4. The number of amides is 4. The molecule has 4 aromatic heterocycles. The van der Waals surface area contributed by atoms with Crippen molar-refractivity contribution in [2.75, 3.05) is 68.0 Å². The van der Waals surface area contributed by atoms with Crippen molar-refractivity contribution in [1.29, 1.82) is 0 Å². The maximum atomic E-state index is 14.3. The van der Waals surface area contributed by atoms with E-state index < -0.39 is 23.9 Å². The number of furan rings is 1. The van der Waals surface area contributed by atoms with Crippen LogP contribution in [0.1, 0.15) is 84.9 Å². The highest BCUT2D eigenvalue weighted by molar-refractivity contribution is 6.08. The van der Waals surface area contributed by atoms with Crippen LogP contribution >= 0.6 is 0 Å². The molecule has 0 radical (unpaired) electrons. The van der Waals surface area contributed by atoms with E-state index in [9.17, 15) is 28.0 Å². The van der Waals surface area contributed by atoms with E-state index in [-0.39, 0.29) is 60.1 Å². The molecule has 5 aliphatic rings. The van der Waals surface area contributed by atoms with E-state index in [0.717, 1.165) is 82.6 Å². The third-order valence-electron chi connectivity index (χ3n) is 13.1. The van der Waals surface area contributed by atoms with Crippen LogP contribution in [0, 0.1) is 5.92 Å². The lowest BCUT2D eigenvalue weighted by Crippen LogP contribution is -2.49. The highest BCUT2D eigenvalue weighted by atomic mass is 19.3. The Balaban J connectivity index is 0.699. The van der Waals surface area contributed by atoms with Crippen molar-refractivity contribution in [3.05, 3.63) is 65.9 Å². The number of aromatic nitrogens is 5. The summed E-state index contributed by atoms with van der Waals surface area (Å²) in [4.78, 5) is 62.3. The molecule has 5 fully saturated rings. The second-order valence-electron chi connectivity index (χ2n) is 16.9. The minimum absolute atomic E-state index is 0.0184. The maximum Gasteiger partial charge on any atom is 0.284 e. The van der Waals surface area contributed by atoms with Crippen LogP contribution in [0.4, 0.5) is 26.0 Å². The molecule has 10 rings (SSSR count). The first-order valence-electron chi connectivity index (χ1n) is 21.1. The Bertz CT molecular complexity index is 2490. The Hall–Kier alpha value is -5.79. The van der Waals surface area contributed by atoms with Gasteiger partial charge >= 0.3 is 0 Å². The van der Waals surface area contributed by atoms with Crippen molar-refractivity contribution >= 4 is 57.4 Å². The molecule has 0 unspecified atom stereocenters. The summed E-state index contributed by atoms with van der Waals surface area (Å²) < 4.78 is 43.2. The zero-order chi connectivity index (χ0) is 41.8. The summed E-state index contributed by atoms with van der Waals surface area (Å²) in [5.41, 5.74) is 1.78. The first kappa shape index (κ1) is 39.4. The fraction of sp³-hybridized carbons (Fsp3) is 0.500. The van der Waals surface area contributed by atoms with E-state index in [1.807, 2.05) is 18.2 Å². The van der Waals surface area contributed by atoms with Gasteiger partial charge in [0, 0.05) is 69.0 Å². The molecular formula is C42H47F2N11O6. The predicted molar refractivity (Wildman–Crippen MR) is 217 cm³/mol. The number of benzene rings is 1. The maximum absolute atomic E-state index is 14.3. The molecule has 4 amide bonds. The van der Waals surface area contributed by atoms with Gasteiger partial charge in [-0.1, -0.05) is 12.1 Å². The lowest BCUT2D eigenvalue weighted by molar-refractivity contribution is -0.134. The van der Waals surface area contributed by atoms with Crippen molar-refractivity contribution < 1.29 is 37.1 Å². The number of piperazine rings is 1. The number of hydrogen-bond acceptors (Lipinski definition) is 12. The van der Waals surface area contributed by atoms with Crippen molar-refractivity contribution in [1.82, 2.24) is 39.5 Å². The normalized spacial score (nSPS) is 24.9. The average molecular weight is 840 g/mol. The Labute approximate surface area is 348 Å². The molecule has 4 saturated heterocycles. The molecule has 4 aliphatic heterocycles. The summed E-state index contributed by atoms with van der Waals surface area (Å²) >= 11 is 0. The predicted octanol–water partition coefficient (Wildman–Crippen LogP) is 4.35. The molecule has 2 bridgehead atoms. The monoisotopic (exact) mass is 839 g/mol. The highest BCUT2D eigenvalue weighted by Gasteiger charge is 2.40. The molecule has 3 atom stereocenters.